The highest BCUT2D eigenvalue weighted by atomic mass is 79.9. The number of aliphatic carboxylic acids is 1. The molecule has 1 aromatic rings. The predicted molar refractivity (Wildman–Crippen MR) is 72.9 cm³/mol. The smallest absolute Gasteiger partial charge is 0.320 e. The Morgan fingerprint density at radius 2 is 2.17 bits per heavy atom. The summed E-state index contributed by atoms with van der Waals surface area (Å²) in [5, 5.41) is 14.2. The average Bonchev–Trinajstić information content (AvgIpc) is 2.29. The largest absolute Gasteiger partial charge is 0.480 e. The molecule has 0 fully saturated rings. The van der Waals surface area contributed by atoms with Gasteiger partial charge in [0.2, 0.25) is 5.91 Å². The molecule has 0 radical (unpaired) electrons. The lowest BCUT2D eigenvalue weighted by molar-refractivity contribution is -0.139. The molecule has 1 atom stereocenters. The number of carboxylic acid groups (broad SMARTS) is 1. The second-order valence-corrected chi connectivity index (χ2v) is 4.94. The average molecular weight is 336 g/mol. The number of amides is 1. The summed E-state index contributed by atoms with van der Waals surface area (Å²) in [6.45, 7) is 1.36. The number of nitrogens with one attached hydrogen (secondary N) is 2. The van der Waals surface area contributed by atoms with E-state index in [-0.39, 0.29) is 12.5 Å². The Hall–Kier alpha value is -1.11. The molecule has 1 amide bonds. The highest BCUT2D eigenvalue weighted by Crippen LogP contribution is 2.25. The molecule has 0 spiro atoms. The summed E-state index contributed by atoms with van der Waals surface area (Å²) in [7, 11) is 0. The standard InChI is InChI=1S/C11H12BrClN2O3/c1-6(11(17)18)14-5-10(16)15-9-3-2-7(12)4-8(9)13/h2-4,6,14H,5H2,1H3,(H,15,16)(H,17,18). The van der Waals surface area contributed by atoms with Crippen LogP contribution in [-0.4, -0.2) is 29.6 Å². The van der Waals surface area contributed by atoms with Crippen molar-refractivity contribution in [1.82, 2.24) is 5.32 Å². The molecule has 0 bridgehead atoms. The SMILES string of the molecule is CC(NCC(=O)Nc1ccc(Br)cc1Cl)C(=O)O. The van der Waals surface area contributed by atoms with E-state index in [0.717, 1.165) is 4.47 Å². The number of carbonyl (C=O) groups excluding carboxylic acids is 1. The van der Waals surface area contributed by atoms with E-state index < -0.39 is 12.0 Å². The topological polar surface area (TPSA) is 78.4 Å². The van der Waals surface area contributed by atoms with Gasteiger partial charge in [-0.05, 0) is 25.1 Å². The maximum absolute atomic E-state index is 11.5. The first-order valence-corrected chi connectivity index (χ1v) is 6.28. The molecule has 18 heavy (non-hydrogen) atoms. The lowest BCUT2D eigenvalue weighted by atomic mass is 10.3. The van der Waals surface area contributed by atoms with Gasteiger partial charge in [-0.1, -0.05) is 27.5 Å². The van der Waals surface area contributed by atoms with Crippen molar-refractivity contribution in [3.8, 4) is 0 Å². The van der Waals surface area contributed by atoms with E-state index in [4.69, 9.17) is 16.7 Å². The van der Waals surface area contributed by atoms with Gasteiger partial charge in [0, 0.05) is 4.47 Å². The molecular weight excluding hydrogens is 323 g/mol. The van der Waals surface area contributed by atoms with E-state index in [1.165, 1.54) is 6.92 Å². The van der Waals surface area contributed by atoms with Crippen molar-refractivity contribution < 1.29 is 14.7 Å². The molecule has 0 heterocycles. The van der Waals surface area contributed by atoms with Gasteiger partial charge in [0.15, 0.2) is 0 Å². The van der Waals surface area contributed by atoms with Crippen LogP contribution >= 0.6 is 27.5 Å². The lowest BCUT2D eigenvalue weighted by Crippen LogP contribution is -2.39. The third-order valence-corrected chi connectivity index (χ3v) is 2.95. The Kier molecular flexibility index (Phi) is 5.58. The van der Waals surface area contributed by atoms with E-state index in [1.807, 2.05) is 0 Å². The van der Waals surface area contributed by atoms with Gasteiger partial charge in [-0.2, -0.15) is 0 Å². The van der Waals surface area contributed by atoms with E-state index in [0.29, 0.717) is 10.7 Å². The van der Waals surface area contributed by atoms with Crippen LogP contribution in [0.1, 0.15) is 6.92 Å². The zero-order valence-electron chi connectivity index (χ0n) is 9.54. The fourth-order valence-corrected chi connectivity index (χ4v) is 1.84. The van der Waals surface area contributed by atoms with E-state index >= 15 is 0 Å². The Labute approximate surface area is 118 Å². The number of rotatable bonds is 5. The monoisotopic (exact) mass is 334 g/mol. The first kappa shape index (κ1) is 14.9. The van der Waals surface area contributed by atoms with Crippen LogP contribution in [0.25, 0.3) is 0 Å². The Balaban J connectivity index is 2.52. The fraction of sp³-hybridized carbons (Fsp3) is 0.273. The molecule has 1 aromatic carbocycles. The zero-order valence-corrected chi connectivity index (χ0v) is 11.9. The molecule has 0 aliphatic carbocycles. The van der Waals surface area contributed by atoms with E-state index in [9.17, 15) is 9.59 Å². The first-order chi connectivity index (χ1) is 8.40. The van der Waals surface area contributed by atoms with Gasteiger partial charge in [0.1, 0.15) is 6.04 Å². The van der Waals surface area contributed by atoms with Crippen LogP contribution in [0.2, 0.25) is 5.02 Å². The number of benzene rings is 1. The van der Waals surface area contributed by atoms with Gasteiger partial charge in [-0.25, -0.2) is 0 Å². The maximum atomic E-state index is 11.5. The van der Waals surface area contributed by atoms with Gasteiger partial charge in [-0.3, -0.25) is 14.9 Å². The van der Waals surface area contributed by atoms with Crippen molar-refractivity contribution in [2.24, 2.45) is 0 Å². The lowest BCUT2D eigenvalue weighted by Gasteiger charge is -2.10. The molecular formula is C11H12BrClN2O3. The van der Waals surface area contributed by atoms with Crippen molar-refractivity contribution in [3.63, 3.8) is 0 Å². The Bertz CT molecular complexity index is 468. The van der Waals surface area contributed by atoms with Crippen LogP contribution in [0, 0.1) is 0 Å². The van der Waals surface area contributed by atoms with Crippen LogP contribution in [0.3, 0.4) is 0 Å². The van der Waals surface area contributed by atoms with Gasteiger partial charge in [0.05, 0.1) is 17.3 Å². The van der Waals surface area contributed by atoms with Crippen molar-refractivity contribution >= 4 is 45.1 Å². The third-order valence-electron chi connectivity index (χ3n) is 2.14. The number of hydrogen-bond acceptors (Lipinski definition) is 3. The van der Waals surface area contributed by atoms with Crippen molar-refractivity contribution in [3.05, 3.63) is 27.7 Å². The first-order valence-electron chi connectivity index (χ1n) is 5.11. The van der Waals surface area contributed by atoms with Crippen molar-refractivity contribution in [2.75, 3.05) is 11.9 Å². The predicted octanol–water partition coefficient (Wildman–Crippen LogP) is 2.10. The summed E-state index contributed by atoms with van der Waals surface area (Å²) in [5.74, 6) is -1.36. The van der Waals surface area contributed by atoms with E-state index in [1.54, 1.807) is 18.2 Å². The molecule has 0 aliphatic heterocycles. The Morgan fingerprint density at radius 1 is 1.50 bits per heavy atom. The Morgan fingerprint density at radius 3 is 2.72 bits per heavy atom. The van der Waals surface area contributed by atoms with Gasteiger partial charge in [0.25, 0.3) is 0 Å². The number of hydrogen-bond donors (Lipinski definition) is 3. The maximum Gasteiger partial charge on any atom is 0.320 e. The van der Waals surface area contributed by atoms with Gasteiger partial charge < -0.3 is 10.4 Å². The molecule has 7 heteroatoms. The molecule has 0 saturated heterocycles. The minimum absolute atomic E-state index is 0.0974. The van der Waals surface area contributed by atoms with Crippen LogP contribution < -0.4 is 10.6 Å². The minimum Gasteiger partial charge on any atom is -0.480 e. The highest BCUT2D eigenvalue weighted by Gasteiger charge is 2.12. The van der Waals surface area contributed by atoms with E-state index in [2.05, 4.69) is 26.6 Å². The zero-order chi connectivity index (χ0) is 13.7. The number of halogens is 2. The minimum atomic E-state index is -1.01. The van der Waals surface area contributed by atoms with Crippen molar-refractivity contribution in [2.45, 2.75) is 13.0 Å². The number of anilines is 1. The summed E-state index contributed by atoms with van der Waals surface area (Å²) in [5.41, 5.74) is 0.481. The summed E-state index contributed by atoms with van der Waals surface area (Å²) in [4.78, 5) is 22.1. The summed E-state index contributed by atoms with van der Waals surface area (Å²) < 4.78 is 0.808. The van der Waals surface area contributed by atoms with Gasteiger partial charge >= 0.3 is 5.97 Å². The van der Waals surface area contributed by atoms with Crippen molar-refractivity contribution in [1.29, 1.82) is 0 Å². The number of carbonyl (C=O) groups is 2. The number of carboxylic acids is 1. The normalized spacial score (nSPS) is 11.9. The molecule has 3 N–H and O–H groups in total. The van der Waals surface area contributed by atoms with Crippen LogP contribution in [0.15, 0.2) is 22.7 Å². The molecule has 0 aromatic heterocycles. The summed E-state index contributed by atoms with van der Waals surface area (Å²) in [6, 6.07) is 4.28. The second-order valence-electron chi connectivity index (χ2n) is 3.61. The molecule has 1 unspecified atom stereocenters. The second kappa shape index (κ2) is 6.72. The molecule has 5 nitrogen and oxygen atoms in total. The van der Waals surface area contributed by atoms with Crippen LogP contribution in [-0.2, 0) is 9.59 Å². The summed E-state index contributed by atoms with van der Waals surface area (Å²) >= 11 is 9.18. The van der Waals surface area contributed by atoms with Crippen LogP contribution in [0.4, 0.5) is 5.69 Å². The quantitative estimate of drug-likeness (QED) is 0.770. The fourth-order valence-electron chi connectivity index (χ4n) is 1.12. The molecule has 1 rings (SSSR count). The molecule has 98 valence electrons. The molecule has 0 saturated carbocycles. The highest BCUT2D eigenvalue weighted by molar-refractivity contribution is 9.10. The van der Waals surface area contributed by atoms with Gasteiger partial charge in [-0.15, -0.1) is 0 Å². The molecule has 0 aliphatic rings. The summed E-state index contributed by atoms with van der Waals surface area (Å²) in [6.07, 6.45) is 0. The third kappa shape index (κ3) is 4.64. The van der Waals surface area contributed by atoms with Crippen LogP contribution in [0.5, 0.6) is 0 Å².